The number of nitriles is 1. The average Bonchev–Trinajstić information content (AvgIpc) is 3.30. The number of anilines is 2. The molecule has 3 N–H and O–H groups in total. The molecule has 0 spiro atoms. The Kier molecular flexibility index (Phi) is 6.39. The number of aromatic nitrogens is 2. The largest absolute Gasteiger partial charge is 0.369 e. The summed E-state index contributed by atoms with van der Waals surface area (Å²) >= 11 is 1.34. The highest BCUT2D eigenvalue weighted by molar-refractivity contribution is 7.13. The molecular weight excluding hydrogens is 426 g/mol. The lowest BCUT2D eigenvalue weighted by Crippen LogP contribution is -2.49. The molecule has 0 saturated carbocycles. The van der Waals surface area contributed by atoms with E-state index in [1.165, 1.54) is 11.3 Å². The Hall–Kier alpha value is -3.81. The summed E-state index contributed by atoms with van der Waals surface area (Å²) in [6.45, 7) is 3.15. The van der Waals surface area contributed by atoms with Crippen molar-refractivity contribution < 1.29 is 9.59 Å². The van der Waals surface area contributed by atoms with Crippen molar-refractivity contribution in [3.05, 3.63) is 59.4 Å². The molecule has 1 aliphatic heterocycles. The Morgan fingerprint density at radius 3 is 2.72 bits per heavy atom. The second-order valence-electron chi connectivity index (χ2n) is 7.28. The standard InChI is InChI=1S/C22H21N7O2S/c23-12-16-11-15(5-6-25-16)22-27-18(14-32-22)21(31)26-17-3-1-2-4-19(17)29-9-7-28(8-10-29)13-20(24)30/h1-6,11,14H,7-10,13H2,(H2,24,30)(H,26,31). The highest BCUT2D eigenvalue weighted by atomic mass is 32.1. The van der Waals surface area contributed by atoms with Crippen LogP contribution in [0.5, 0.6) is 0 Å². The number of pyridine rings is 1. The highest BCUT2D eigenvalue weighted by Crippen LogP contribution is 2.28. The number of para-hydroxylation sites is 2. The van der Waals surface area contributed by atoms with Gasteiger partial charge in [0.1, 0.15) is 22.5 Å². The molecular formula is C22H21N7O2S. The second kappa shape index (κ2) is 9.55. The van der Waals surface area contributed by atoms with E-state index in [0.717, 1.165) is 37.4 Å². The molecule has 1 aromatic carbocycles. The first kappa shape index (κ1) is 21.4. The first-order valence-electron chi connectivity index (χ1n) is 10.0. The maximum absolute atomic E-state index is 12.9. The second-order valence-corrected chi connectivity index (χ2v) is 8.14. The van der Waals surface area contributed by atoms with E-state index in [9.17, 15) is 9.59 Å². The van der Waals surface area contributed by atoms with Crippen LogP contribution in [-0.4, -0.2) is 59.4 Å². The number of thiazole rings is 1. The van der Waals surface area contributed by atoms with E-state index in [1.54, 1.807) is 23.7 Å². The molecule has 9 nitrogen and oxygen atoms in total. The third kappa shape index (κ3) is 4.91. The molecule has 4 rings (SSSR count). The number of carbonyl (C=O) groups is 2. The summed E-state index contributed by atoms with van der Waals surface area (Å²) in [7, 11) is 0. The number of nitrogens with two attached hydrogens (primary N) is 1. The van der Waals surface area contributed by atoms with Crippen LogP contribution in [0.4, 0.5) is 11.4 Å². The zero-order valence-electron chi connectivity index (χ0n) is 17.2. The van der Waals surface area contributed by atoms with Crippen molar-refractivity contribution in [3.8, 4) is 16.6 Å². The molecule has 3 heterocycles. The van der Waals surface area contributed by atoms with Gasteiger partial charge in [0.25, 0.3) is 5.91 Å². The van der Waals surface area contributed by atoms with E-state index in [1.807, 2.05) is 35.2 Å². The zero-order valence-corrected chi connectivity index (χ0v) is 18.0. The molecule has 0 radical (unpaired) electrons. The van der Waals surface area contributed by atoms with Gasteiger partial charge >= 0.3 is 0 Å². The van der Waals surface area contributed by atoms with Crippen LogP contribution in [-0.2, 0) is 4.79 Å². The minimum Gasteiger partial charge on any atom is -0.369 e. The normalized spacial score (nSPS) is 14.0. The van der Waals surface area contributed by atoms with Crippen molar-refractivity contribution in [2.45, 2.75) is 0 Å². The number of nitrogens with one attached hydrogen (secondary N) is 1. The van der Waals surface area contributed by atoms with Gasteiger partial charge in [-0.15, -0.1) is 11.3 Å². The summed E-state index contributed by atoms with van der Waals surface area (Å²) in [5.41, 5.74) is 8.26. The van der Waals surface area contributed by atoms with Gasteiger partial charge < -0.3 is 16.0 Å². The molecule has 2 aromatic heterocycles. The number of carbonyl (C=O) groups excluding carboxylic acids is 2. The maximum Gasteiger partial charge on any atom is 0.275 e. The van der Waals surface area contributed by atoms with Crippen molar-refractivity contribution in [1.29, 1.82) is 5.26 Å². The number of hydrogen-bond acceptors (Lipinski definition) is 8. The van der Waals surface area contributed by atoms with Crippen LogP contribution in [0.3, 0.4) is 0 Å². The van der Waals surface area contributed by atoms with Crippen LogP contribution >= 0.6 is 11.3 Å². The molecule has 3 aromatic rings. The van der Waals surface area contributed by atoms with Crippen molar-refractivity contribution in [1.82, 2.24) is 14.9 Å². The lowest BCUT2D eigenvalue weighted by Gasteiger charge is -2.36. The number of rotatable bonds is 6. The van der Waals surface area contributed by atoms with Crippen LogP contribution in [0.1, 0.15) is 16.2 Å². The number of nitrogens with zero attached hydrogens (tertiary/aromatic N) is 5. The van der Waals surface area contributed by atoms with Crippen LogP contribution in [0, 0.1) is 11.3 Å². The van der Waals surface area contributed by atoms with E-state index < -0.39 is 0 Å². The summed E-state index contributed by atoms with van der Waals surface area (Å²) in [6, 6.07) is 13.0. The maximum atomic E-state index is 12.9. The molecule has 10 heteroatoms. The fourth-order valence-corrected chi connectivity index (χ4v) is 4.34. The Labute approximate surface area is 189 Å². The van der Waals surface area contributed by atoms with E-state index >= 15 is 0 Å². The van der Waals surface area contributed by atoms with Crippen molar-refractivity contribution in [3.63, 3.8) is 0 Å². The molecule has 1 fully saturated rings. The predicted molar refractivity (Wildman–Crippen MR) is 122 cm³/mol. The monoisotopic (exact) mass is 447 g/mol. The van der Waals surface area contributed by atoms with Gasteiger partial charge in [-0.05, 0) is 24.3 Å². The number of piperazine rings is 1. The molecule has 0 aliphatic carbocycles. The summed E-state index contributed by atoms with van der Waals surface area (Å²) in [5, 5.41) is 14.3. The Balaban J connectivity index is 1.46. The average molecular weight is 448 g/mol. The van der Waals surface area contributed by atoms with Crippen molar-refractivity contribution in [2.75, 3.05) is 42.9 Å². The molecule has 0 bridgehead atoms. The fourth-order valence-electron chi connectivity index (χ4n) is 3.54. The topological polar surface area (TPSA) is 128 Å². The Morgan fingerprint density at radius 1 is 1.19 bits per heavy atom. The summed E-state index contributed by atoms with van der Waals surface area (Å²) in [6.07, 6.45) is 1.55. The van der Waals surface area contributed by atoms with Crippen LogP contribution in [0.15, 0.2) is 48.0 Å². The van der Waals surface area contributed by atoms with Crippen LogP contribution < -0.4 is 16.0 Å². The fraction of sp³-hybridized carbons (Fsp3) is 0.227. The third-order valence-corrected chi connectivity index (χ3v) is 5.99. The van der Waals surface area contributed by atoms with Gasteiger partial charge in [0, 0.05) is 43.3 Å². The number of benzene rings is 1. The Morgan fingerprint density at radius 2 is 1.97 bits per heavy atom. The first-order valence-corrected chi connectivity index (χ1v) is 10.9. The lowest BCUT2D eigenvalue weighted by molar-refractivity contribution is -0.119. The first-order chi connectivity index (χ1) is 15.5. The Bertz CT molecular complexity index is 1180. The highest BCUT2D eigenvalue weighted by Gasteiger charge is 2.21. The smallest absolute Gasteiger partial charge is 0.275 e. The van der Waals surface area contributed by atoms with Crippen LogP contribution in [0.25, 0.3) is 10.6 Å². The molecule has 0 atom stereocenters. The van der Waals surface area contributed by atoms with Gasteiger partial charge in [-0.2, -0.15) is 5.26 Å². The lowest BCUT2D eigenvalue weighted by atomic mass is 10.2. The third-order valence-electron chi connectivity index (χ3n) is 5.10. The summed E-state index contributed by atoms with van der Waals surface area (Å²) in [5.74, 6) is -0.633. The van der Waals surface area contributed by atoms with Crippen LogP contribution in [0.2, 0.25) is 0 Å². The molecule has 2 amide bonds. The number of amides is 2. The van der Waals surface area contributed by atoms with Gasteiger partial charge in [-0.25, -0.2) is 9.97 Å². The molecule has 1 saturated heterocycles. The molecule has 1 aliphatic rings. The minimum absolute atomic E-state index is 0.256. The number of primary amides is 1. The summed E-state index contributed by atoms with van der Waals surface area (Å²) < 4.78 is 0. The van der Waals surface area contributed by atoms with E-state index in [2.05, 4.69) is 20.2 Å². The van der Waals surface area contributed by atoms with Crippen molar-refractivity contribution in [2.24, 2.45) is 5.73 Å². The van der Waals surface area contributed by atoms with Gasteiger partial charge in [0.15, 0.2) is 0 Å². The molecule has 32 heavy (non-hydrogen) atoms. The number of hydrogen-bond donors (Lipinski definition) is 2. The van der Waals surface area contributed by atoms with E-state index in [4.69, 9.17) is 11.0 Å². The van der Waals surface area contributed by atoms with Gasteiger partial charge in [0.05, 0.1) is 17.9 Å². The molecule has 162 valence electrons. The predicted octanol–water partition coefficient (Wildman–Crippen LogP) is 1.94. The minimum atomic E-state index is -0.329. The van der Waals surface area contributed by atoms with E-state index in [0.29, 0.717) is 22.1 Å². The SMILES string of the molecule is N#Cc1cc(-c2nc(C(=O)Nc3ccccc3N3CCN(CC(N)=O)CC3)cs2)ccn1. The van der Waals surface area contributed by atoms with Crippen molar-refractivity contribution >= 4 is 34.5 Å². The van der Waals surface area contributed by atoms with Gasteiger partial charge in [-0.1, -0.05) is 12.1 Å². The van der Waals surface area contributed by atoms with E-state index in [-0.39, 0.29) is 18.4 Å². The summed E-state index contributed by atoms with van der Waals surface area (Å²) in [4.78, 5) is 36.6. The quantitative estimate of drug-likeness (QED) is 0.591. The van der Waals surface area contributed by atoms with Gasteiger partial charge in [-0.3, -0.25) is 14.5 Å². The zero-order chi connectivity index (χ0) is 22.5. The van der Waals surface area contributed by atoms with Gasteiger partial charge in [0.2, 0.25) is 5.91 Å². The molecule has 0 unspecified atom stereocenters.